The molecule has 0 aliphatic carbocycles. The van der Waals surface area contributed by atoms with Crippen LogP contribution in [0.1, 0.15) is 0 Å². The van der Waals surface area contributed by atoms with Gasteiger partial charge in [0.05, 0.1) is 52.9 Å². The molecule has 5 nitrogen and oxygen atoms in total. The van der Waals surface area contributed by atoms with Gasteiger partial charge in [-0.1, -0.05) is 6.08 Å². The zero-order valence-corrected chi connectivity index (χ0v) is 9.86. The van der Waals surface area contributed by atoms with E-state index in [0.717, 1.165) is 0 Å². The van der Waals surface area contributed by atoms with Crippen LogP contribution in [0, 0.1) is 0 Å². The van der Waals surface area contributed by atoms with E-state index < -0.39 is 0 Å². The van der Waals surface area contributed by atoms with Gasteiger partial charge in [0.1, 0.15) is 0 Å². The molecule has 0 aromatic rings. The van der Waals surface area contributed by atoms with Crippen LogP contribution in [0.5, 0.6) is 0 Å². The highest BCUT2D eigenvalue weighted by Gasteiger charge is 1.91. The van der Waals surface area contributed by atoms with Crippen molar-refractivity contribution in [3.05, 3.63) is 12.7 Å². The number of hydrogen-bond donors (Lipinski definition) is 1. The van der Waals surface area contributed by atoms with Gasteiger partial charge in [0.2, 0.25) is 0 Å². The van der Waals surface area contributed by atoms with Crippen molar-refractivity contribution in [1.82, 2.24) is 0 Å². The van der Waals surface area contributed by atoms with Gasteiger partial charge in [-0.3, -0.25) is 0 Å². The summed E-state index contributed by atoms with van der Waals surface area (Å²) < 4.78 is 20.8. The third-order valence-corrected chi connectivity index (χ3v) is 1.61. The van der Waals surface area contributed by atoms with Crippen molar-refractivity contribution in [2.24, 2.45) is 5.73 Å². The highest BCUT2D eigenvalue weighted by atomic mass is 16.6. The molecule has 0 aromatic heterocycles. The Bertz CT molecular complexity index is 144. The summed E-state index contributed by atoms with van der Waals surface area (Å²) in [5.74, 6) is 0. The van der Waals surface area contributed by atoms with Gasteiger partial charge < -0.3 is 24.7 Å². The van der Waals surface area contributed by atoms with Gasteiger partial charge in [-0.2, -0.15) is 0 Å². The normalized spacial score (nSPS) is 10.6. The Hall–Kier alpha value is -0.460. The van der Waals surface area contributed by atoms with Crippen LogP contribution >= 0.6 is 0 Å². The molecule has 0 fully saturated rings. The van der Waals surface area contributed by atoms with Crippen molar-refractivity contribution in [1.29, 1.82) is 0 Å². The molecule has 0 spiro atoms. The number of nitrogens with two attached hydrogens (primary N) is 1. The average Bonchev–Trinajstić information content (AvgIpc) is 2.31. The molecule has 0 amide bonds. The monoisotopic (exact) mass is 233 g/mol. The molecule has 0 bridgehead atoms. The number of ether oxygens (including phenoxy) is 4. The average molecular weight is 233 g/mol. The predicted molar refractivity (Wildman–Crippen MR) is 62.5 cm³/mol. The molecule has 0 unspecified atom stereocenters. The Balaban J connectivity index is 2.85. The third kappa shape index (κ3) is 13.5. The summed E-state index contributed by atoms with van der Waals surface area (Å²) in [5, 5.41) is 0. The summed E-state index contributed by atoms with van der Waals surface area (Å²) in [6.07, 6.45) is 1.71. The summed E-state index contributed by atoms with van der Waals surface area (Å²) in [6, 6.07) is 0. The Labute approximate surface area is 97.5 Å². The fourth-order valence-corrected chi connectivity index (χ4v) is 0.910. The second-order valence-corrected chi connectivity index (χ2v) is 2.99. The fraction of sp³-hybridized carbons (Fsp3) is 0.818. The SMILES string of the molecule is C=CCOCCOCCOCCOCCN. The van der Waals surface area contributed by atoms with Gasteiger partial charge in [-0.15, -0.1) is 6.58 Å². The molecule has 0 aromatic carbocycles. The molecule has 0 rings (SSSR count). The lowest BCUT2D eigenvalue weighted by molar-refractivity contribution is 0.00182. The van der Waals surface area contributed by atoms with Gasteiger partial charge >= 0.3 is 0 Å². The molecule has 2 N–H and O–H groups in total. The maximum absolute atomic E-state index is 5.26. The maximum atomic E-state index is 5.26. The van der Waals surface area contributed by atoms with Crippen LogP contribution < -0.4 is 5.73 Å². The summed E-state index contributed by atoms with van der Waals surface area (Å²) in [7, 11) is 0. The van der Waals surface area contributed by atoms with Gasteiger partial charge in [0.15, 0.2) is 0 Å². The van der Waals surface area contributed by atoms with Crippen LogP contribution in [0.2, 0.25) is 0 Å². The molecular formula is C11H23NO4. The first-order chi connectivity index (χ1) is 7.91. The molecule has 0 radical (unpaired) electrons. The van der Waals surface area contributed by atoms with Crippen LogP contribution in [0.3, 0.4) is 0 Å². The lowest BCUT2D eigenvalue weighted by Crippen LogP contribution is -2.14. The van der Waals surface area contributed by atoms with Gasteiger partial charge in [0.25, 0.3) is 0 Å². The Kier molecular flexibility index (Phi) is 14.1. The van der Waals surface area contributed by atoms with E-state index in [1.54, 1.807) is 6.08 Å². The lowest BCUT2D eigenvalue weighted by atomic mass is 10.6. The molecule has 0 saturated heterocycles. The highest BCUT2D eigenvalue weighted by molar-refractivity contribution is 4.63. The molecule has 96 valence electrons. The second-order valence-electron chi connectivity index (χ2n) is 2.99. The smallest absolute Gasteiger partial charge is 0.0704 e. The second kappa shape index (κ2) is 14.5. The topological polar surface area (TPSA) is 62.9 Å². The molecule has 16 heavy (non-hydrogen) atoms. The minimum absolute atomic E-state index is 0.549. The maximum Gasteiger partial charge on any atom is 0.0704 e. The largest absolute Gasteiger partial charge is 0.378 e. The summed E-state index contributed by atoms with van der Waals surface area (Å²) in [6.45, 7) is 8.74. The summed E-state index contributed by atoms with van der Waals surface area (Å²) in [4.78, 5) is 0. The predicted octanol–water partition coefficient (Wildman–Crippen LogP) is 0.198. The molecule has 0 aliphatic heterocycles. The molecule has 0 saturated carbocycles. The Morgan fingerprint density at radius 3 is 1.62 bits per heavy atom. The van der Waals surface area contributed by atoms with Crippen molar-refractivity contribution < 1.29 is 18.9 Å². The van der Waals surface area contributed by atoms with E-state index in [0.29, 0.717) is 59.4 Å². The van der Waals surface area contributed by atoms with E-state index in [9.17, 15) is 0 Å². The van der Waals surface area contributed by atoms with E-state index >= 15 is 0 Å². The van der Waals surface area contributed by atoms with Gasteiger partial charge in [-0.05, 0) is 0 Å². The van der Waals surface area contributed by atoms with Crippen molar-refractivity contribution in [2.75, 3.05) is 59.4 Å². The van der Waals surface area contributed by atoms with Crippen molar-refractivity contribution in [2.45, 2.75) is 0 Å². The molecule has 0 aliphatic rings. The third-order valence-electron chi connectivity index (χ3n) is 1.61. The van der Waals surface area contributed by atoms with E-state index in [1.165, 1.54) is 0 Å². The van der Waals surface area contributed by atoms with E-state index in [2.05, 4.69) is 6.58 Å². The standard InChI is InChI=1S/C11H23NO4/c1-2-4-13-6-8-15-10-11-16-9-7-14-5-3-12/h2H,1,3-12H2. The minimum atomic E-state index is 0.549. The Morgan fingerprint density at radius 2 is 1.19 bits per heavy atom. The highest BCUT2D eigenvalue weighted by Crippen LogP contribution is 1.82. The minimum Gasteiger partial charge on any atom is -0.378 e. The number of rotatable bonds is 13. The molecule has 5 heteroatoms. The van der Waals surface area contributed by atoms with Crippen molar-refractivity contribution in [3.63, 3.8) is 0 Å². The van der Waals surface area contributed by atoms with Gasteiger partial charge in [0, 0.05) is 6.54 Å². The molecule has 0 heterocycles. The van der Waals surface area contributed by atoms with Crippen LogP contribution in [0.4, 0.5) is 0 Å². The van der Waals surface area contributed by atoms with Crippen LogP contribution in [-0.4, -0.2) is 59.4 Å². The lowest BCUT2D eigenvalue weighted by Gasteiger charge is -2.06. The van der Waals surface area contributed by atoms with Crippen molar-refractivity contribution >= 4 is 0 Å². The van der Waals surface area contributed by atoms with E-state index in [1.807, 2.05) is 0 Å². The Morgan fingerprint density at radius 1 is 0.750 bits per heavy atom. The van der Waals surface area contributed by atoms with E-state index in [-0.39, 0.29) is 0 Å². The van der Waals surface area contributed by atoms with Crippen LogP contribution in [0.15, 0.2) is 12.7 Å². The van der Waals surface area contributed by atoms with Crippen LogP contribution in [-0.2, 0) is 18.9 Å². The molecular weight excluding hydrogens is 210 g/mol. The van der Waals surface area contributed by atoms with Gasteiger partial charge in [-0.25, -0.2) is 0 Å². The van der Waals surface area contributed by atoms with E-state index in [4.69, 9.17) is 24.7 Å². The zero-order chi connectivity index (χ0) is 11.9. The quantitative estimate of drug-likeness (QED) is 0.363. The fourth-order valence-electron chi connectivity index (χ4n) is 0.910. The zero-order valence-electron chi connectivity index (χ0n) is 9.86. The summed E-state index contributed by atoms with van der Waals surface area (Å²) >= 11 is 0. The van der Waals surface area contributed by atoms with Crippen molar-refractivity contribution in [3.8, 4) is 0 Å². The first kappa shape index (κ1) is 15.5. The van der Waals surface area contributed by atoms with Crippen LogP contribution in [0.25, 0.3) is 0 Å². The summed E-state index contributed by atoms with van der Waals surface area (Å²) in [5.41, 5.74) is 5.26. The first-order valence-electron chi connectivity index (χ1n) is 5.53. The molecule has 0 atom stereocenters. The first-order valence-corrected chi connectivity index (χ1v) is 5.53. The number of hydrogen-bond acceptors (Lipinski definition) is 5.